The van der Waals surface area contributed by atoms with Crippen molar-refractivity contribution >= 4 is 38.9 Å². The number of halogens is 1. The minimum absolute atomic E-state index is 0.285. The van der Waals surface area contributed by atoms with Gasteiger partial charge in [-0.05, 0) is 70.5 Å². The molecule has 0 saturated carbocycles. The summed E-state index contributed by atoms with van der Waals surface area (Å²) >= 11 is 8.85. The van der Waals surface area contributed by atoms with Gasteiger partial charge in [0.25, 0.3) is 0 Å². The lowest BCUT2D eigenvalue weighted by atomic mass is 10.2. The number of ether oxygens (including phenoxy) is 2. The highest BCUT2D eigenvalue weighted by molar-refractivity contribution is 9.10. The molecule has 1 aliphatic heterocycles. The topological polar surface area (TPSA) is 42.5 Å². The molecule has 1 heterocycles. The van der Waals surface area contributed by atoms with Crippen LogP contribution in [0.4, 0.5) is 5.69 Å². The summed E-state index contributed by atoms with van der Waals surface area (Å²) in [5, 5.41) is 6.93. The third-order valence-electron chi connectivity index (χ3n) is 3.26. The van der Waals surface area contributed by atoms with Crippen LogP contribution in [0.3, 0.4) is 0 Å². The van der Waals surface area contributed by atoms with Gasteiger partial charge in [-0.1, -0.05) is 12.1 Å². The largest absolute Gasteiger partial charge is 0.454 e. The summed E-state index contributed by atoms with van der Waals surface area (Å²) in [5.41, 5.74) is 3.21. The first-order valence-corrected chi connectivity index (χ1v) is 8.01. The van der Waals surface area contributed by atoms with E-state index in [9.17, 15) is 0 Å². The Morgan fingerprint density at radius 2 is 2.00 bits per heavy atom. The van der Waals surface area contributed by atoms with Crippen LogP contribution in [0.2, 0.25) is 0 Å². The van der Waals surface area contributed by atoms with Crippen molar-refractivity contribution < 1.29 is 9.47 Å². The first kappa shape index (κ1) is 15.1. The Labute approximate surface area is 142 Å². The van der Waals surface area contributed by atoms with E-state index in [1.54, 1.807) is 0 Å². The van der Waals surface area contributed by atoms with Gasteiger partial charge < -0.3 is 20.1 Å². The molecule has 1 aliphatic rings. The van der Waals surface area contributed by atoms with Crippen molar-refractivity contribution in [3.05, 3.63) is 52.0 Å². The minimum atomic E-state index is 0.285. The van der Waals surface area contributed by atoms with Gasteiger partial charge in [-0.15, -0.1) is 0 Å². The molecule has 0 amide bonds. The van der Waals surface area contributed by atoms with Gasteiger partial charge in [0.2, 0.25) is 6.79 Å². The van der Waals surface area contributed by atoms with Crippen LogP contribution in [-0.4, -0.2) is 11.9 Å². The molecule has 0 bridgehead atoms. The lowest BCUT2D eigenvalue weighted by Crippen LogP contribution is -2.28. The zero-order chi connectivity index (χ0) is 15.5. The van der Waals surface area contributed by atoms with E-state index in [0.717, 1.165) is 27.2 Å². The highest BCUT2D eigenvalue weighted by Crippen LogP contribution is 2.32. The van der Waals surface area contributed by atoms with Crippen molar-refractivity contribution in [2.75, 3.05) is 12.1 Å². The van der Waals surface area contributed by atoms with Crippen LogP contribution in [0.25, 0.3) is 0 Å². The lowest BCUT2D eigenvalue weighted by Gasteiger charge is -2.12. The Morgan fingerprint density at radius 1 is 1.18 bits per heavy atom. The van der Waals surface area contributed by atoms with Gasteiger partial charge in [0.05, 0.1) is 5.69 Å². The third-order valence-corrected chi connectivity index (χ3v) is 4.17. The fraction of sp³-hybridized carbons (Fsp3) is 0.188. The van der Waals surface area contributed by atoms with E-state index < -0.39 is 0 Å². The van der Waals surface area contributed by atoms with Gasteiger partial charge in [0.15, 0.2) is 16.6 Å². The molecule has 114 valence electrons. The first-order chi connectivity index (χ1) is 10.6. The number of fused-ring (bicyclic) bond motifs is 1. The lowest BCUT2D eigenvalue weighted by molar-refractivity contribution is 0.174. The van der Waals surface area contributed by atoms with E-state index in [-0.39, 0.29) is 6.79 Å². The van der Waals surface area contributed by atoms with Crippen molar-refractivity contribution in [1.82, 2.24) is 5.32 Å². The monoisotopic (exact) mass is 378 g/mol. The maximum Gasteiger partial charge on any atom is 0.231 e. The molecule has 2 aromatic rings. The third kappa shape index (κ3) is 3.51. The Balaban J connectivity index is 1.58. The number of rotatable bonds is 3. The van der Waals surface area contributed by atoms with Gasteiger partial charge in [-0.3, -0.25) is 0 Å². The number of hydrogen-bond donors (Lipinski definition) is 2. The average Bonchev–Trinajstić information content (AvgIpc) is 2.95. The van der Waals surface area contributed by atoms with E-state index in [4.69, 9.17) is 21.7 Å². The highest BCUT2D eigenvalue weighted by Gasteiger charge is 2.13. The van der Waals surface area contributed by atoms with Crippen LogP contribution in [0.5, 0.6) is 11.5 Å². The standard InChI is InChI=1S/C16H15BrN2O2S/c1-10-2-4-13(12(17)6-10)19-16(22)18-8-11-3-5-14-15(7-11)21-9-20-14/h2-7H,8-9H2,1H3,(H2,18,19,22). The maximum atomic E-state index is 5.36. The Morgan fingerprint density at radius 3 is 2.82 bits per heavy atom. The van der Waals surface area contributed by atoms with Crippen molar-refractivity contribution in [1.29, 1.82) is 0 Å². The van der Waals surface area contributed by atoms with Crippen LogP contribution in [0.1, 0.15) is 11.1 Å². The Kier molecular flexibility index (Phi) is 4.49. The normalized spacial score (nSPS) is 12.1. The second kappa shape index (κ2) is 6.54. The summed E-state index contributed by atoms with van der Waals surface area (Å²) in [6.07, 6.45) is 0. The Hall–Kier alpha value is -1.79. The Bertz CT molecular complexity index is 721. The molecule has 0 radical (unpaired) electrons. The van der Waals surface area contributed by atoms with Crippen LogP contribution in [-0.2, 0) is 6.54 Å². The molecule has 3 rings (SSSR count). The van der Waals surface area contributed by atoms with Gasteiger partial charge in [0, 0.05) is 11.0 Å². The quantitative estimate of drug-likeness (QED) is 0.790. The number of benzene rings is 2. The molecule has 2 N–H and O–H groups in total. The molecule has 0 atom stereocenters. The highest BCUT2D eigenvalue weighted by atomic mass is 79.9. The van der Waals surface area contributed by atoms with Crippen molar-refractivity contribution in [2.45, 2.75) is 13.5 Å². The van der Waals surface area contributed by atoms with Gasteiger partial charge in [-0.2, -0.15) is 0 Å². The molecule has 6 heteroatoms. The zero-order valence-corrected chi connectivity index (χ0v) is 14.4. The number of nitrogens with one attached hydrogen (secondary N) is 2. The summed E-state index contributed by atoms with van der Waals surface area (Å²) in [6.45, 7) is 2.95. The predicted octanol–water partition coefficient (Wildman–Crippen LogP) is 3.97. The molecule has 22 heavy (non-hydrogen) atoms. The van der Waals surface area contributed by atoms with E-state index in [2.05, 4.69) is 26.6 Å². The number of anilines is 1. The summed E-state index contributed by atoms with van der Waals surface area (Å²) in [7, 11) is 0. The summed E-state index contributed by atoms with van der Waals surface area (Å²) < 4.78 is 11.6. The summed E-state index contributed by atoms with van der Waals surface area (Å²) in [4.78, 5) is 0. The smallest absolute Gasteiger partial charge is 0.231 e. The predicted molar refractivity (Wildman–Crippen MR) is 94.5 cm³/mol. The first-order valence-electron chi connectivity index (χ1n) is 6.81. The van der Waals surface area contributed by atoms with E-state index >= 15 is 0 Å². The molecule has 0 aromatic heterocycles. The molecule has 0 saturated heterocycles. The van der Waals surface area contributed by atoms with Crippen molar-refractivity contribution in [3.8, 4) is 11.5 Å². The molecular formula is C16H15BrN2O2S. The van der Waals surface area contributed by atoms with Gasteiger partial charge in [0.1, 0.15) is 0 Å². The second-order valence-corrected chi connectivity index (χ2v) is 6.24. The van der Waals surface area contributed by atoms with E-state index in [0.29, 0.717) is 11.7 Å². The number of thiocarbonyl (C=S) groups is 1. The molecule has 0 unspecified atom stereocenters. The molecule has 0 fully saturated rings. The average molecular weight is 379 g/mol. The fourth-order valence-corrected chi connectivity index (χ4v) is 2.90. The zero-order valence-electron chi connectivity index (χ0n) is 12.0. The minimum Gasteiger partial charge on any atom is -0.454 e. The summed E-state index contributed by atoms with van der Waals surface area (Å²) in [5.74, 6) is 1.56. The van der Waals surface area contributed by atoms with Crippen LogP contribution in [0.15, 0.2) is 40.9 Å². The maximum absolute atomic E-state index is 5.36. The van der Waals surface area contributed by atoms with Crippen LogP contribution in [0, 0.1) is 6.92 Å². The van der Waals surface area contributed by atoms with Crippen LogP contribution >= 0.6 is 28.1 Å². The van der Waals surface area contributed by atoms with Gasteiger partial charge in [-0.25, -0.2) is 0 Å². The fourth-order valence-electron chi connectivity index (χ4n) is 2.12. The van der Waals surface area contributed by atoms with Crippen LogP contribution < -0.4 is 20.1 Å². The van der Waals surface area contributed by atoms with Gasteiger partial charge >= 0.3 is 0 Å². The molecule has 2 aromatic carbocycles. The molecular weight excluding hydrogens is 364 g/mol. The summed E-state index contributed by atoms with van der Waals surface area (Å²) in [6, 6.07) is 11.9. The molecule has 0 spiro atoms. The van der Waals surface area contributed by atoms with E-state index in [1.165, 1.54) is 5.56 Å². The second-order valence-electron chi connectivity index (χ2n) is 4.98. The SMILES string of the molecule is Cc1ccc(NC(=S)NCc2ccc3c(c2)OCO3)c(Br)c1. The number of aryl methyl sites for hydroxylation is 1. The van der Waals surface area contributed by atoms with E-state index in [1.807, 2.05) is 43.3 Å². The number of hydrogen-bond acceptors (Lipinski definition) is 3. The molecule has 0 aliphatic carbocycles. The van der Waals surface area contributed by atoms with Crippen molar-refractivity contribution in [3.63, 3.8) is 0 Å². The molecule has 4 nitrogen and oxygen atoms in total. The van der Waals surface area contributed by atoms with Crippen molar-refractivity contribution in [2.24, 2.45) is 0 Å².